The van der Waals surface area contributed by atoms with Gasteiger partial charge in [0.1, 0.15) is 11.3 Å². The average molecular weight is 266 g/mol. The van der Waals surface area contributed by atoms with Crippen LogP contribution in [-0.2, 0) is 9.53 Å². The minimum absolute atomic E-state index is 0.0342. The summed E-state index contributed by atoms with van der Waals surface area (Å²) in [6.45, 7) is 0. The molecule has 0 radical (unpaired) electrons. The van der Waals surface area contributed by atoms with Crippen molar-refractivity contribution < 1.29 is 34.4 Å². The van der Waals surface area contributed by atoms with Gasteiger partial charge in [0.2, 0.25) is 0 Å². The van der Waals surface area contributed by atoms with Gasteiger partial charge in [0.25, 0.3) is 0 Å². The molecule has 0 spiro atoms. The van der Waals surface area contributed by atoms with Crippen molar-refractivity contribution in [2.75, 3.05) is 7.11 Å². The number of carboxylic acid groups (broad SMARTS) is 2. The lowest BCUT2D eigenvalue weighted by Crippen LogP contribution is -2.06. The first-order valence-corrected chi connectivity index (χ1v) is 4.96. The van der Waals surface area contributed by atoms with E-state index in [9.17, 15) is 19.5 Å². The minimum atomic E-state index is -1.36. The van der Waals surface area contributed by atoms with Crippen molar-refractivity contribution in [3.05, 3.63) is 34.9 Å². The van der Waals surface area contributed by atoms with Gasteiger partial charge < -0.3 is 20.1 Å². The van der Waals surface area contributed by atoms with E-state index in [1.54, 1.807) is 0 Å². The van der Waals surface area contributed by atoms with Gasteiger partial charge in [0, 0.05) is 6.08 Å². The molecule has 0 atom stereocenters. The monoisotopic (exact) mass is 266 g/mol. The normalized spacial score (nSPS) is 10.4. The van der Waals surface area contributed by atoms with Crippen LogP contribution in [-0.4, -0.2) is 40.3 Å². The number of aromatic hydroxyl groups is 1. The Morgan fingerprint density at radius 3 is 2.26 bits per heavy atom. The number of hydrogen-bond donors (Lipinski definition) is 3. The summed E-state index contributed by atoms with van der Waals surface area (Å²) in [7, 11) is 1.10. The zero-order valence-corrected chi connectivity index (χ0v) is 9.78. The largest absolute Gasteiger partial charge is 0.507 e. The molecular formula is C12H10O7. The fourth-order valence-electron chi connectivity index (χ4n) is 1.36. The van der Waals surface area contributed by atoms with Crippen LogP contribution in [0.4, 0.5) is 0 Å². The van der Waals surface area contributed by atoms with Crippen LogP contribution < -0.4 is 0 Å². The van der Waals surface area contributed by atoms with Gasteiger partial charge in [-0.15, -0.1) is 0 Å². The molecule has 0 saturated carbocycles. The molecule has 3 N–H and O–H groups in total. The van der Waals surface area contributed by atoms with Gasteiger partial charge in [0.05, 0.1) is 12.7 Å². The van der Waals surface area contributed by atoms with Crippen LogP contribution in [0.15, 0.2) is 18.2 Å². The van der Waals surface area contributed by atoms with Gasteiger partial charge in [0.15, 0.2) is 0 Å². The first-order valence-electron chi connectivity index (χ1n) is 4.96. The summed E-state index contributed by atoms with van der Waals surface area (Å²) in [4.78, 5) is 32.7. The predicted octanol–water partition coefficient (Wildman–Crippen LogP) is 0.975. The van der Waals surface area contributed by atoms with E-state index >= 15 is 0 Å². The van der Waals surface area contributed by atoms with Crippen molar-refractivity contribution in [2.45, 2.75) is 0 Å². The third kappa shape index (κ3) is 3.32. The number of benzene rings is 1. The molecule has 1 aromatic rings. The van der Waals surface area contributed by atoms with Crippen molar-refractivity contribution in [3.63, 3.8) is 0 Å². The van der Waals surface area contributed by atoms with E-state index in [-0.39, 0.29) is 16.7 Å². The Morgan fingerprint density at radius 2 is 1.79 bits per heavy atom. The summed E-state index contributed by atoms with van der Waals surface area (Å²) >= 11 is 0. The molecule has 0 bridgehead atoms. The number of phenolic OH excluding ortho intramolecular Hbond substituents is 1. The Kier molecular flexibility index (Phi) is 4.25. The maximum atomic E-state index is 11.3. The maximum absolute atomic E-state index is 11.3. The molecule has 7 nitrogen and oxygen atoms in total. The first kappa shape index (κ1) is 14.2. The quantitative estimate of drug-likeness (QED) is 0.548. The molecule has 0 aliphatic carbocycles. The standard InChI is InChI=1S/C12H10O7/c1-19-12(18)8-4-6(2-3-10(14)15)7(11(16)17)5-9(8)13/h2-5,13H,1H3,(H,14,15)(H,16,17)/b3-2+. The van der Waals surface area contributed by atoms with Crippen LogP contribution in [0.3, 0.4) is 0 Å². The molecule has 0 aliphatic rings. The molecule has 7 heteroatoms. The molecule has 0 fully saturated rings. The maximum Gasteiger partial charge on any atom is 0.341 e. The van der Waals surface area contributed by atoms with Crippen molar-refractivity contribution in [2.24, 2.45) is 0 Å². The highest BCUT2D eigenvalue weighted by atomic mass is 16.5. The average Bonchev–Trinajstić information content (AvgIpc) is 2.35. The van der Waals surface area contributed by atoms with Crippen molar-refractivity contribution >= 4 is 24.0 Å². The third-order valence-electron chi connectivity index (χ3n) is 2.21. The lowest BCUT2D eigenvalue weighted by Gasteiger charge is -2.07. The van der Waals surface area contributed by atoms with Crippen LogP contribution in [0.5, 0.6) is 5.75 Å². The van der Waals surface area contributed by atoms with Crippen LogP contribution in [0.2, 0.25) is 0 Å². The predicted molar refractivity (Wildman–Crippen MR) is 63.1 cm³/mol. The highest BCUT2D eigenvalue weighted by molar-refractivity contribution is 5.99. The van der Waals surface area contributed by atoms with Gasteiger partial charge in [-0.2, -0.15) is 0 Å². The topological polar surface area (TPSA) is 121 Å². The number of esters is 1. The molecule has 0 heterocycles. The number of carboxylic acids is 2. The van der Waals surface area contributed by atoms with Gasteiger partial charge in [-0.25, -0.2) is 14.4 Å². The Hall–Kier alpha value is -2.83. The summed E-state index contributed by atoms with van der Waals surface area (Å²) in [6.07, 6.45) is 1.73. The number of hydrogen-bond acceptors (Lipinski definition) is 5. The first-order chi connectivity index (χ1) is 8.86. The molecule has 100 valence electrons. The number of aromatic carboxylic acids is 1. The minimum Gasteiger partial charge on any atom is -0.507 e. The summed E-state index contributed by atoms with van der Waals surface area (Å²) in [5.41, 5.74) is -0.617. The van der Waals surface area contributed by atoms with Gasteiger partial charge in [-0.3, -0.25) is 0 Å². The number of carbonyl (C=O) groups is 3. The van der Waals surface area contributed by atoms with E-state index < -0.39 is 23.7 Å². The van der Waals surface area contributed by atoms with Crippen LogP contribution in [0.25, 0.3) is 6.08 Å². The fourth-order valence-corrected chi connectivity index (χ4v) is 1.36. The van der Waals surface area contributed by atoms with Gasteiger partial charge in [-0.1, -0.05) is 0 Å². The second-order valence-corrected chi connectivity index (χ2v) is 3.42. The highest BCUT2D eigenvalue weighted by Crippen LogP contribution is 2.24. The van der Waals surface area contributed by atoms with E-state index in [0.717, 1.165) is 31.4 Å². The van der Waals surface area contributed by atoms with Crippen molar-refractivity contribution in [1.29, 1.82) is 0 Å². The highest BCUT2D eigenvalue weighted by Gasteiger charge is 2.18. The number of carbonyl (C=O) groups excluding carboxylic acids is 1. The Balaban J connectivity index is 3.43. The molecule has 1 rings (SSSR count). The van der Waals surface area contributed by atoms with Crippen LogP contribution in [0.1, 0.15) is 26.3 Å². The van der Waals surface area contributed by atoms with Crippen molar-refractivity contribution in [3.8, 4) is 5.75 Å². The molecule has 0 amide bonds. The van der Waals surface area contributed by atoms with E-state index in [0.29, 0.717) is 0 Å². The second kappa shape index (κ2) is 5.67. The smallest absolute Gasteiger partial charge is 0.341 e. The second-order valence-electron chi connectivity index (χ2n) is 3.42. The zero-order chi connectivity index (χ0) is 14.6. The summed E-state index contributed by atoms with van der Waals surface area (Å²) in [5, 5.41) is 27.0. The third-order valence-corrected chi connectivity index (χ3v) is 2.21. The van der Waals surface area contributed by atoms with E-state index in [1.165, 1.54) is 0 Å². The van der Waals surface area contributed by atoms with Crippen LogP contribution in [0, 0.1) is 0 Å². The molecule has 0 aromatic heterocycles. The lowest BCUT2D eigenvalue weighted by molar-refractivity contribution is -0.131. The number of phenols is 1. The Bertz CT molecular complexity index is 572. The number of methoxy groups -OCH3 is 1. The molecule has 19 heavy (non-hydrogen) atoms. The summed E-state index contributed by atoms with van der Waals surface area (Å²) in [6, 6.07) is 1.90. The van der Waals surface area contributed by atoms with E-state index in [2.05, 4.69) is 4.74 Å². The molecule has 1 aromatic carbocycles. The number of rotatable bonds is 4. The molecule has 0 unspecified atom stereocenters. The number of aliphatic carboxylic acids is 1. The fraction of sp³-hybridized carbons (Fsp3) is 0.0833. The van der Waals surface area contributed by atoms with Crippen LogP contribution >= 0.6 is 0 Å². The summed E-state index contributed by atoms with van der Waals surface area (Å²) < 4.78 is 4.41. The molecule has 0 saturated heterocycles. The summed E-state index contributed by atoms with van der Waals surface area (Å²) in [5.74, 6) is -4.06. The SMILES string of the molecule is COC(=O)c1cc(/C=C/C(=O)O)c(C(=O)O)cc1O. The molecular weight excluding hydrogens is 256 g/mol. The van der Waals surface area contributed by atoms with Gasteiger partial charge >= 0.3 is 17.9 Å². The lowest BCUT2D eigenvalue weighted by atomic mass is 10.0. The van der Waals surface area contributed by atoms with E-state index in [4.69, 9.17) is 10.2 Å². The van der Waals surface area contributed by atoms with Crippen molar-refractivity contribution in [1.82, 2.24) is 0 Å². The zero-order valence-electron chi connectivity index (χ0n) is 9.78. The Morgan fingerprint density at radius 1 is 1.16 bits per heavy atom. The number of ether oxygens (including phenoxy) is 1. The van der Waals surface area contributed by atoms with E-state index in [1.807, 2.05) is 0 Å². The Labute approximate surface area is 107 Å². The van der Waals surface area contributed by atoms with Gasteiger partial charge in [-0.05, 0) is 23.8 Å². The molecule has 0 aliphatic heterocycles.